The van der Waals surface area contributed by atoms with E-state index >= 15 is 0 Å². The molecule has 0 saturated carbocycles. The van der Waals surface area contributed by atoms with Crippen LogP contribution in [0.5, 0.6) is 0 Å². The summed E-state index contributed by atoms with van der Waals surface area (Å²) in [5.74, 6) is 0.784. The molecule has 0 radical (unpaired) electrons. The summed E-state index contributed by atoms with van der Waals surface area (Å²) in [6.45, 7) is 6.01. The van der Waals surface area contributed by atoms with Crippen molar-refractivity contribution in [1.82, 2.24) is 25.2 Å². The number of hydrogen-bond acceptors (Lipinski definition) is 3. The maximum atomic E-state index is 12.9. The predicted molar refractivity (Wildman–Crippen MR) is 102 cm³/mol. The number of alkyl halides is 3. The van der Waals surface area contributed by atoms with Gasteiger partial charge < -0.3 is 10.6 Å². The van der Waals surface area contributed by atoms with Gasteiger partial charge in [0.25, 0.3) is 0 Å². The second-order valence-corrected chi connectivity index (χ2v) is 6.59. The average molecular weight is 491 g/mol. The standard InChI is InChI=1S/C14H18ClF3N6.HI/c1-13(2,3)21-12(19-4)20-6-10-22-23-11-9(15)5-8(7-24(10)11)14(16,17)18;/h5,7H,6H2,1-4H3,(H2,19,20,21);1H. The molecule has 0 atom stereocenters. The van der Waals surface area contributed by atoms with E-state index in [0.717, 1.165) is 12.3 Å². The first-order valence-electron chi connectivity index (χ1n) is 7.10. The van der Waals surface area contributed by atoms with E-state index in [1.54, 1.807) is 7.05 Å². The molecular weight excluding hydrogens is 472 g/mol. The quantitative estimate of drug-likeness (QED) is 0.384. The number of guanidine groups is 1. The van der Waals surface area contributed by atoms with Crippen LogP contribution in [0.25, 0.3) is 5.65 Å². The van der Waals surface area contributed by atoms with E-state index in [2.05, 4.69) is 25.8 Å². The molecule has 6 nitrogen and oxygen atoms in total. The van der Waals surface area contributed by atoms with Crippen LogP contribution in [0.4, 0.5) is 13.2 Å². The van der Waals surface area contributed by atoms with Crippen LogP contribution in [0, 0.1) is 0 Å². The van der Waals surface area contributed by atoms with Crippen molar-refractivity contribution in [3.63, 3.8) is 0 Å². The molecule has 11 heteroatoms. The number of aromatic nitrogens is 3. The molecule has 2 heterocycles. The number of fused-ring (bicyclic) bond motifs is 1. The van der Waals surface area contributed by atoms with E-state index in [4.69, 9.17) is 11.6 Å². The van der Waals surface area contributed by atoms with Crippen LogP contribution in [0.15, 0.2) is 17.3 Å². The molecular formula is C14H19ClF3IN6. The minimum Gasteiger partial charge on any atom is -0.352 e. The monoisotopic (exact) mass is 490 g/mol. The highest BCUT2D eigenvalue weighted by molar-refractivity contribution is 14.0. The summed E-state index contributed by atoms with van der Waals surface area (Å²) >= 11 is 5.88. The molecule has 0 saturated heterocycles. The first-order chi connectivity index (χ1) is 11.0. The van der Waals surface area contributed by atoms with Gasteiger partial charge in [0.05, 0.1) is 17.1 Å². The van der Waals surface area contributed by atoms with Crippen molar-refractivity contribution in [1.29, 1.82) is 0 Å². The Morgan fingerprint density at radius 1 is 1.28 bits per heavy atom. The van der Waals surface area contributed by atoms with Gasteiger partial charge in [-0.1, -0.05) is 11.6 Å². The third kappa shape index (κ3) is 5.59. The Labute approximate surface area is 165 Å². The lowest BCUT2D eigenvalue weighted by atomic mass is 10.1. The molecule has 2 aromatic rings. The van der Waals surface area contributed by atoms with Gasteiger partial charge in [-0.15, -0.1) is 34.2 Å². The smallest absolute Gasteiger partial charge is 0.352 e. The first-order valence-corrected chi connectivity index (χ1v) is 7.48. The zero-order chi connectivity index (χ0) is 18.1. The number of nitrogens with one attached hydrogen (secondary N) is 2. The molecule has 25 heavy (non-hydrogen) atoms. The molecule has 0 aliphatic rings. The van der Waals surface area contributed by atoms with Gasteiger partial charge in [0.2, 0.25) is 0 Å². The number of aliphatic imine (C=N–C) groups is 1. The minimum absolute atomic E-state index is 0. The lowest BCUT2D eigenvalue weighted by molar-refractivity contribution is -0.137. The molecule has 2 rings (SSSR count). The lowest BCUT2D eigenvalue weighted by Gasteiger charge is -2.23. The van der Waals surface area contributed by atoms with E-state index < -0.39 is 11.7 Å². The maximum absolute atomic E-state index is 12.9. The van der Waals surface area contributed by atoms with Gasteiger partial charge in [-0.25, -0.2) is 0 Å². The molecule has 0 fully saturated rings. The third-order valence-corrected chi connectivity index (χ3v) is 3.27. The van der Waals surface area contributed by atoms with Crippen molar-refractivity contribution in [2.45, 2.75) is 39.0 Å². The molecule has 0 aliphatic carbocycles. The minimum atomic E-state index is -4.50. The van der Waals surface area contributed by atoms with Crippen LogP contribution in [0.1, 0.15) is 32.2 Å². The average Bonchev–Trinajstić information content (AvgIpc) is 2.85. The molecule has 2 aromatic heterocycles. The highest BCUT2D eigenvalue weighted by Crippen LogP contribution is 2.32. The number of halogens is 5. The Morgan fingerprint density at radius 3 is 2.44 bits per heavy atom. The SMILES string of the molecule is CN=C(NCc1nnc2c(Cl)cc(C(F)(F)F)cn12)NC(C)(C)C.I. The normalized spacial score (nSPS) is 12.9. The highest BCUT2D eigenvalue weighted by atomic mass is 127. The van der Waals surface area contributed by atoms with Crippen molar-refractivity contribution in [3.8, 4) is 0 Å². The summed E-state index contributed by atoms with van der Waals surface area (Å²) in [5.41, 5.74) is -0.917. The molecule has 0 unspecified atom stereocenters. The van der Waals surface area contributed by atoms with Crippen LogP contribution in [-0.4, -0.2) is 33.1 Å². The number of pyridine rings is 1. The van der Waals surface area contributed by atoms with Gasteiger partial charge >= 0.3 is 6.18 Å². The summed E-state index contributed by atoms with van der Waals surface area (Å²) in [6.07, 6.45) is -3.57. The lowest BCUT2D eigenvalue weighted by Crippen LogP contribution is -2.47. The number of hydrogen-bond donors (Lipinski definition) is 2. The Bertz CT molecular complexity index is 766. The van der Waals surface area contributed by atoms with Crippen molar-refractivity contribution in [3.05, 3.63) is 28.7 Å². The molecule has 0 bridgehead atoms. The number of rotatable bonds is 2. The summed E-state index contributed by atoms with van der Waals surface area (Å²) in [6, 6.07) is 0.836. The van der Waals surface area contributed by atoms with E-state index in [-0.39, 0.29) is 52.6 Å². The Balaban J connectivity index is 0.00000312. The van der Waals surface area contributed by atoms with Crippen molar-refractivity contribution in [2.24, 2.45) is 4.99 Å². The predicted octanol–water partition coefficient (Wildman–Crippen LogP) is 3.48. The summed E-state index contributed by atoms with van der Waals surface area (Å²) in [4.78, 5) is 4.06. The summed E-state index contributed by atoms with van der Waals surface area (Å²) in [7, 11) is 1.60. The maximum Gasteiger partial charge on any atom is 0.417 e. The summed E-state index contributed by atoms with van der Waals surface area (Å²) in [5, 5.41) is 13.7. The first kappa shape index (κ1) is 21.7. The van der Waals surface area contributed by atoms with Gasteiger partial charge in [-0.2, -0.15) is 13.2 Å². The molecule has 0 aliphatic heterocycles. The fourth-order valence-electron chi connectivity index (χ4n) is 1.97. The van der Waals surface area contributed by atoms with Crippen LogP contribution in [-0.2, 0) is 12.7 Å². The second-order valence-electron chi connectivity index (χ2n) is 6.19. The zero-order valence-electron chi connectivity index (χ0n) is 14.1. The van der Waals surface area contributed by atoms with Gasteiger partial charge in [-0.05, 0) is 26.8 Å². The van der Waals surface area contributed by atoms with Gasteiger partial charge in [0.1, 0.15) is 0 Å². The molecule has 0 amide bonds. The van der Waals surface area contributed by atoms with E-state index in [1.165, 1.54) is 4.40 Å². The fourth-order valence-corrected chi connectivity index (χ4v) is 2.22. The molecule has 0 spiro atoms. The second kappa shape index (κ2) is 7.94. The van der Waals surface area contributed by atoms with Crippen molar-refractivity contribution >= 4 is 47.2 Å². The highest BCUT2D eigenvalue weighted by Gasteiger charge is 2.32. The molecule has 140 valence electrons. The topological polar surface area (TPSA) is 66.6 Å². The Kier molecular flexibility index (Phi) is 6.90. The van der Waals surface area contributed by atoms with Crippen LogP contribution in [0.3, 0.4) is 0 Å². The molecule has 0 aromatic carbocycles. The van der Waals surface area contributed by atoms with E-state index in [1.807, 2.05) is 20.8 Å². The fraction of sp³-hybridized carbons (Fsp3) is 0.500. The summed E-state index contributed by atoms with van der Waals surface area (Å²) < 4.78 is 40.0. The van der Waals surface area contributed by atoms with Crippen molar-refractivity contribution < 1.29 is 13.2 Å². The largest absolute Gasteiger partial charge is 0.417 e. The molecule has 2 N–H and O–H groups in total. The van der Waals surface area contributed by atoms with Crippen LogP contribution < -0.4 is 10.6 Å². The van der Waals surface area contributed by atoms with Gasteiger partial charge in [0, 0.05) is 18.8 Å². The third-order valence-electron chi connectivity index (χ3n) is 2.99. The van der Waals surface area contributed by atoms with Crippen LogP contribution in [0.2, 0.25) is 5.02 Å². The van der Waals surface area contributed by atoms with E-state index in [9.17, 15) is 13.2 Å². The Morgan fingerprint density at radius 2 is 1.92 bits per heavy atom. The Hall–Kier alpha value is -1.30. The van der Waals surface area contributed by atoms with Crippen LogP contribution >= 0.6 is 35.6 Å². The zero-order valence-corrected chi connectivity index (χ0v) is 17.2. The van der Waals surface area contributed by atoms with Gasteiger partial charge in [0.15, 0.2) is 17.4 Å². The van der Waals surface area contributed by atoms with E-state index in [0.29, 0.717) is 5.96 Å². The number of nitrogens with zero attached hydrogens (tertiary/aromatic N) is 4. The van der Waals surface area contributed by atoms with Gasteiger partial charge in [-0.3, -0.25) is 9.39 Å². The van der Waals surface area contributed by atoms with Crippen molar-refractivity contribution in [2.75, 3.05) is 7.05 Å².